The van der Waals surface area contributed by atoms with Crippen molar-refractivity contribution in [3.63, 3.8) is 0 Å². The summed E-state index contributed by atoms with van der Waals surface area (Å²) < 4.78 is 39.8. The fraction of sp³-hybridized carbons (Fsp3) is 0.188. The van der Waals surface area contributed by atoms with Crippen molar-refractivity contribution in [3.05, 3.63) is 54.1 Å². The molecule has 1 aliphatic rings. The molecule has 0 bridgehead atoms. The average Bonchev–Trinajstić information content (AvgIpc) is 2.80. The first-order chi connectivity index (χ1) is 10.9. The number of para-hydroxylation sites is 1. The van der Waals surface area contributed by atoms with E-state index in [-0.39, 0.29) is 11.5 Å². The molecule has 0 saturated carbocycles. The summed E-state index contributed by atoms with van der Waals surface area (Å²) in [5.41, 5.74) is 0.579. The summed E-state index contributed by atoms with van der Waals surface area (Å²) in [6.45, 7) is 1.70. The number of fused-ring (bicyclic) bond motifs is 1. The van der Waals surface area contributed by atoms with Crippen molar-refractivity contribution in [3.8, 4) is 17.2 Å². The van der Waals surface area contributed by atoms with Crippen LogP contribution in [0.25, 0.3) is 0 Å². The molecule has 1 aliphatic heterocycles. The topological polar surface area (TPSA) is 56.8 Å². The van der Waals surface area contributed by atoms with Gasteiger partial charge in [0.15, 0.2) is 11.5 Å². The molecular weight excluding hydrogens is 308 g/mol. The first-order valence-electron chi connectivity index (χ1n) is 6.86. The number of halogens is 2. The van der Waals surface area contributed by atoms with E-state index in [1.165, 1.54) is 12.1 Å². The molecule has 0 aromatic heterocycles. The molecule has 7 heteroatoms. The van der Waals surface area contributed by atoms with Crippen LogP contribution >= 0.6 is 0 Å². The molecule has 0 spiro atoms. The van der Waals surface area contributed by atoms with Gasteiger partial charge in [0, 0.05) is 0 Å². The van der Waals surface area contributed by atoms with Gasteiger partial charge in [-0.2, -0.15) is 0 Å². The van der Waals surface area contributed by atoms with Gasteiger partial charge in [-0.3, -0.25) is 0 Å². The summed E-state index contributed by atoms with van der Waals surface area (Å²) in [5.74, 6) is 0.290. The molecule has 3 rings (SSSR count). The van der Waals surface area contributed by atoms with Crippen LogP contribution < -0.4 is 19.5 Å². The fourth-order valence-electron chi connectivity index (χ4n) is 2.12. The summed E-state index contributed by atoms with van der Waals surface area (Å²) in [4.78, 5) is 11.8. The van der Waals surface area contributed by atoms with Crippen LogP contribution in [-0.4, -0.2) is 12.4 Å². The van der Waals surface area contributed by atoms with Crippen molar-refractivity contribution < 1.29 is 27.8 Å². The van der Waals surface area contributed by atoms with Crippen molar-refractivity contribution in [2.75, 3.05) is 0 Å². The Balaban J connectivity index is 1.65. The fourth-order valence-corrected chi connectivity index (χ4v) is 2.12. The Morgan fingerprint density at radius 2 is 1.83 bits per heavy atom. The lowest BCUT2D eigenvalue weighted by molar-refractivity contribution is -0.286. The van der Waals surface area contributed by atoms with Crippen molar-refractivity contribution >= 4 is 6.09 Å². The second-order valence-electron chi connectivity index (χ2n) is 4.94. The Hall–Kier alpha value is -2.83. The number of amides is 1. The van der Waals surface area contributed by atoms with Crippen LogP contribution in [0.15, 0.2) is 48.5 Å². The number of hydrogen-bond acceptors (Lipinski definition) is 4. The number of rotatable bonds is 3. The molecular formula is C16H13F2NO4. The molecule has 1 atom stereocenters. The molecule has 2 aromatic rings. The van der Waals surface area contributed by atoms with Crippen LogP contribution in [0.2, 0.25) is 0 Å². The molecule has 0 aliphatic carbocycles. The molecule has 0 fully saturated rings. The van der Waals surface area contributed by atoms with E-state index in [0.717, 1.165) is 0 Å². The second-order valence-corrected chi connectivity index (χ2v) is 4.94. The van der Waals surface area contributed by atoms with E-state index in [4.69, 9.17) is 4.74 Å². The standard InChI is InChI=1S/C16H13F2NO4/c1-10(19-15(20)21-12-5-3-2-4-6-12)11-7-8-13-14(9-11)23-16(17,18)22-13/h2-10H,1H3,(H,19,20). The van der Waals surface area contributed by atoms with Crippen molar-refractivity contribution in [1.29, 1.82) is 0 Å². The van der Waals surface area contributed by atoms with E-state index in [0.29, 0.717) is 11.3 Å². The number of alkyl halides is 2. The van der Waals surface area contributed by atoms with Crippen LogP contribution in [0.4, 0.5) is 13.6 Å². The van der Waals surface area contributed by atoms with E-state index in [2.05, 4.69) is 14.8 Å². The van der Waals surface area contributed by atoms with Crippen molar-refractivity contribution in [2.24, 2.45) is 0 Å². The van der Waals surface area contributed by atoms with E-state index in [9.17, 15) is 13.6 Å². The van der Waals surface area contributed by atoms with Crippen LogP contribution in [0.5, 0.6) is 17.2 Å². The minimum atomic E-state index is -3.66. The van der Waals surface area contributed by atoms with Gasteiger partial charge in [0.2, 0.25) is 0 Å². The van der Waals surface area contributed by atoms with Crippen LogP contribution in [0.1, 0.15) is 18.5 Å². The smallest absolute Gasteiger partial charge is 0.410 e. The molecule has 5 nitrogen and oxygen atoms in total. The third-order valence-electron chi connectivity index (χ3n) is 3.21. The number of benzene rings is 2. The summed E-state index contributed by atoms with van der Waals surface area (Å²) in [7, 11) is 0. The third-order valence-corrected chi connectivity index (χ3v) is 3.21. The molecule has 1 unspecified atom stereocenters. The number of carbonyl (C=O) groups is 1. The number of nitrogens with one attached hydrogen (secondary N) is 1. The maximum Gasteiger partial charge on any atom is 0.586 e. The molecule has 0 saturated heterocycles. The molecule has 23 heavy (non-hydrogen) atoms. The van der Waals surface area contributed by atoms with Crippen LogP contribution in [-0.2, 0) is 0 Å². The SMILES string of the molecule is CC(NC(=O)Oc1ccccc1)c1ccc2c(c1)OC(F)(F)O2. The van der Waals surface area contributed by atoms with Gasteiger partial charge in [-0.1, -0.05) is 24.3 Å². The minimum absolute atomic E-state index is 0.0437. The van der Waals surface area contributed by atoms with Crippen molar-refractivity contribution in [2.45, 2.75) is 19.3 Å². The summed E-state index contributed by atoms with van der Waals surface area (Å²) in [6.07, 6.45) is -4.31. The van der Waals surface area contributed by atoms with Gasteiger partial charge in [0.1, 0.15) is 5.75 Å². The normalized spacial score (nSPS) is 15.8. The van der Waals surface area contributed by atoms with E-state index in [1.807, 2.05) is 0 Å². The van der Waals surface area contributed by atoms with Crippen molar-refractivity contribution in [1.82, 2.24) is 5.32 Å². The van der Waals surface area contributed by atoms with Gasteiger partial charge in [-0.25, -0.2) is 4.79 Å². The molecule has 1 amide bonds. The predicted molar refractivity (Wildman–Crippen MR) is 76.7 cm³/mol. The molecule has 1 N–H and O–H groups in total. The Kier molecular flexibility index (Phi) is 3.77. The predicted octanol–water partition coefficient (Wildman–Crippen LogP) is 3.86. The molecule has 1 heterocycles. The van der Waals surface area contributed by atoms with Gasteiger partial charge < -0.3 is 19.5 Å². The van der Waals surface area contributed by atoms with Gasteiger partial charge in [-0.05, 0) is 36.8 Å². The maximum absolute atomic E-state index is 13.0. The highest BCUT2D eigenvalue weighted by atomic mass is 19.3. The summed E-state index contributed by atoms with van der Waals surface area (Å²) in [5, 5.41) is 2.61. The highest BCUT2D eigenvalue weighted by Crippen LogP contribution is 2.41. The average molecular weight is 321 g/mol. The monoisotopic (exact) mass is 321 g/mol. The highest BCUT2D eigenvalue weighted by molar-refractivity contribution is 5.71. The Morgan fingerprint density at radius 1 is 1.13 bits per heavy atom. The van der Waals surface area contributed by atoms with E-state index < -0.39 is 18.4 Å². The number of hydrogen-bond donors (Lipinski definition) is 1. The third kappa shape index (κ3) is 3.50. The zero-order valence-corrected chi connectivity index (χ0v) is 12.1. The summed E-state index contributed by atoms with van der Waals surface area (Å²) >= 11 is 0. The quantitative estimate of drug-likeness (QED) is 0.933. The van der Waals surface area contributed by atoms with E-state index in [1.54, 1.807) is 43.3 Å². The lowest BCUT2D eigenvalue weighted by atomic mass is 10.1. The van der Waals surface area contributed by atoms with Gasteiger partial charge in [0.05, 0.1) is 6.04 Å². The number of carbonyl (C=O) groups excluding carboxylic acids is 1. The minimum Gasteiger partial charge on any atom is -0.410 e. The Labute approximate surface area is 130 Å². The molecule has 0 radical (unpaired) electrons. The van der Waals surface area contributed by atoms with E-state index >= 15 is 0 Å². The van der Waals surface area contributed by atoms with Gasteiger partial charge in [0.25, 0.3) is 0 Å². The maximum atomic E-state index is 13.0. The van der Waals surface area contributed by atoms with Gasteiger partial charge >= 0.3 is 12.4 Å². The largest absolute Gasteiger partial charge is 0.586 e. The summed E-state index contributed by atoms with van der Waals surface area (Å²) in [6, 6.07) is 12.4. The highest BCUT2D eigenvalue weighted by Gasteiger charge is 2.43. The second kappa shape index (κ2) is 5.75. The number of ether oxygens (including phenoxy) is 3. The lowest BCUT2D eigenvalue weighted by Crippen LogP contribution is -2.29. The van der Waals surface area contributed by atoms with Crippen LogP contribution in [0, 0.1) is 0 Å². The molecule has 120 valence electrons. The first-order valence-corrected chi connectivity index (χ1v) is 6.86. The Bertz CT molecular complexity index is 721. The lowest BCUT2D eigenvalue weighted by Gasteiger charge is -2.14. The zero-order valence-electron chi connectivity index (χ0n) is 12.1. The van der Waals surface area contributed by atoms with Gasteiger partial charge in [-0.15, -0.1) is 8.78 Å². The zero-order chi connectivity index (χ0) is 16.4. The van der Waals surface area contributed by atoms with Crippen LogP contribution in [0.3, 0.4) is 0 Å². The first kappa shape index (κ1) is 15.1. The molecule has 2 aromatic carbocycles. The Morgan fingerprint density at radius 3 is 2.57 bits per heavy atom.